The van der Waals surface area contributed by atoms with Gasteiger partial charge in [-0.15, -0.1) is 0 Å². The monoisotopic (exact) mass is 211 g/mol. The van der Waals surface area contributed by atoms with E-state index in [1.54, 1.807) is 18.2 Å². The van der Waals surface area contributed by atoms with E-state index in [1.165, 1.54) is 0 Å². The first-order valence-electron chi connectivity index (χ1n) is 4.42. The van der Waals surface area contributed by atoms with E-state index >= 15 is 0 Å². The van der Waals surface area contributed by atoms with Crippen LogP contribution in [-0.4, -0.2) is 11.7 Å². The van der Waals surface area contributed by atoms with Gasteiger partial charge in [-0.25, -0.2) is 0 Å². The van der Waals surface area contributed by atoms with Crippen LogP contribution in [0.15, 0.2) is 30.4 Å². The van der Waals surface area contributed by atoms with Crippen LogP contribution in [0.1, 0.15) is 12.5 Å². The van der Waals surface area contributed by atoms with Gasteiger partial charge in [0, 0.05) is 23.7 Å². The minimum atomic E-state index is 0.267. The Labute approximate surface area is 89.2 Å². The van der Waals surface area contributed by atoms with Gasteiger partial charge in [0.1, 0.15) is 5.75 Å². The lowest BCUT2D eigenvalue weighted by Gasteiger charge is -2.06. The maximum atomic E-state index is 9.48. The van der Waals surface area contributed by atoms with Crippen molar-refractivity contribution in [2.75, 3.05) is 6.54 Å². The zero-order valence-corrected chi connectivity index (χ0v) is 8.93. The first kappa shape index (κ1) is 11.1. The number of benzene rings is 1. The lowest BCUT2D eigenvalue weighted by molar-refractivity contribution is 0.465. The minimum absolute atomic E-state index is 0.267. The molecule has 2 N–H and O–H groups in total. The summed E-state index contributed by atoms with van der Waals surface area (Å²) in [6.07, 6.45) is 0. The van der Waals surface area contributed by atoms with Gasteiger partial charge in [0.25, 0.3) is 0 Å². The molecule has 0 aliphatic carbocycles. The summed E-state index contributed by atoms with van der Waals surface area (Å²) in [5, 5.41) is 13.3. The van der Waals surface area contributed by atoms with Gasteiger partial charge in [0.05, 0.1) is 0 Å². The predicted molar refractivity (Wildman–Crippen MR) is 59.6 cm³/mol. The number of phenols is 1. The smallest absolute Gasteiger partial charge is 0.120 e. The molecule has 1 rings (SSSR count). The highest BCUT2D eigenvalue weighted by molar-refractivity contribution is 6.30. The number of hydrogen-bond acceptors (Lipinski definition) is 2. The van der Waals surface area contributed by atoms with Crippen LogP contribution in [0, 0.1) is 0 Å². The predicted octanol–water partition coefficient (Wildman–Crippen LogP) is 2.71. The van der Waals surface area contributed by atoms with Gasteiger partial charge in [0.15, 0.2) is 0 Å². The van der Waals surface area contributed by atoms with Crippen LogP contribution in [0.25, 0.3) is 0 Å². The number of aromatic hydroxyl groups is 1. The lowest BCUT2D eigenvalue weighted by atomic mass is 10.2. The van der Waals surface area contributed by atoms with Gasteiger partial charge < -0.3 is 10.4 Å². The number of phenolic OH excluding ortho intramolecular Hbond substituents is 1. The van der Waals surface area contributed by atoms with Crippen LogP contribution >= 0.6 is 11.6 Å². The average Bonchev–Trinajstić information content (AvgIpc) is 2.10. The van der Waals surface area contributed by atoms with Gasteiger partial charge in [-0.2, -0.15) is 0 Å². The Hall–Kier alpha value is -0.990. The molecule has 1 aromatic carbocycles. The molecule has 0 heterocycles. The van der Waals surface area contributed by atoms with Crippen LogP contribution < -0.4 is 5.32 Å². The van der Waals surface area contributed by atoms with Crippen LogP contribution in [0.4, 0.5) is 0 Å². The third kappa shape index (κ3) is 3.40. The van der Waals surface area contributed by atoms with Gasteiger partial charge in [-0.1, -0.05) is 23.8 Å². The van der Waals surface area contributed by atoms with Crippen LogP contribution in [0.3, 0.4) is 0 Å². The standard InChI is InChI=1S/C11H14ClNO/c1-8(2)6-13-7-9-5-10(12)3-4-11(9)14/h3-5,13-14H,1,6-7H2,2H3. The molecule has 0 saturated heterocycles. The topological polar surface area (TPSA) is 32.3 Å². The number of hydrogen-bond donors (Lipinski definition) is 2. The summed E-state index contributed by atoms with van der Waals surface area (Å²) in [4.78, 5) is 0. The second-order valence-corrected chi connectivity index (χ2v) is 3.77. The molecule has 0 aliphatic rings. The third-order valence-corrected chi connectivity index (χ3v) is 2.02. The fourth-order valence-corrected chi connectivity index (χ4v) is 1.30. The fraction of sp³-hybridized carbons (Fsp3) is 0.273. The summed E-state index contributed by atoms with van der Waals surface area (Å²) >= 11 is 5.80. The highest BCUT2D eigenvalue weighted by Crippen LogP contribution is 2.20. The summed E-state index contributed by atoms with van der Waals surface area (Å²) in [5.41, 5.74) is 1.87. The highest BCUT2D eigenvalue weighted by atomic mass is 35.5. The SMILES string of the molecule is C=C(C)CNCc1cc(Cl)ccc1O. The van der Waals surface area contributed by atoms with E-state index in [1.807, 2.05) is 6.92 Å². The number of rotatable bonds is 4. The van der Waals surface area contributed by atoms with Crippen molar-refractivity contribution < 1.29 is 5.11 Å². The fourth-order valence-electron chi connectivity index (χ4n) is 1.11. The zero-order valence-electron chi connectivity index (χ0n) is 8.18. The number of nitrogens with one attached hydrogen (secondary N) is 1. The molecule has 1 aromatic rings. The summed E-state index contributed by atoms with van der Waals surface area (Å²) in [5.74, 6) is 0.267. The summed E-state index contributed by atoms with van der Waals surface area (Å²) in [6.45, 7) is 7.06. The van der Waals surface area contributed by atoms with E-state index in [9.17, 15) is 5.11 Å². The third-order valence-electron chi connectivity index (χ3n) is 1.78. The van der Waals surface area contributed by atoms with E-state index in [0.29, 0.717) is 11.6 Å². The van der Waals surface area contributed by atoms with Crippen molar-refractivity contribution in [3.05, 3.63) is 40.9 Å². The van der Waals surface area contributed by atoms with Crippen molar-refractivity contribution in [3.8, 4) is 5.75 Å². The molecular formula is C11H14ClNO. The summed E-state index contributed by atoms with van der Waals surface area (Å²) < 4.78 is 0. The Bertz CT molecular complexity index is 336. The quantitative estimate of drug-likeness (QED) is 0.751. The summed E-state index contributed by atoms with van der Waals surface area (Å²) in [6, 6.07) is 5.02. The van der Waals surface area contributed by atoms with E-state index < -0.39 is 0 Å². The van der Waals surface area contributed by atoms with Crippen molar-refractivity contribution in [1.29, 1.82) is 0 Å². The molecule has 0 spiro atoms. The van der Waals surface area contributed by atoms with E-state index in [4.69, 9.17) is 11.6 Å². The Morgan fingerprint density at radius 2 is 2.29 bits per heavy atom. The highest BCUT2D eigenvalue weighted by Gasteiger charge is 2.00. The Balaban J connectivity index is 2.57. The lowest BCUT2D eigenvalue weighted by Crippen LogP contribution is -2.15. The van der Waals surface area contributed by atoms with Gasteiger partial charge in [-0.3, -0.25) is 0 Å². The molecular weight excluding hydrogens is 198 g/mol. The first-order chi connectivity index (χ1) is 6.59. The molecule has 0 bridgehead atoms. The Kier molecular flexibility index (Phi) is 3.98. The van der Waals surface area contributed by atoms with Crippen molar-refractivity contribution in [2.24, 2.45) is 0 Å². The van der Waals surface area contributed by atoms with Crippen molar-refractivity contribution in [1.82, 2.24) is 5.32 Å². The van der Waals surface area contributed by atoms with Gasteiger partial charge in [0.2, 0.25) is 0 Å². The van der Waals surface area contributed by atoms with Crippen LogP contribution in [-0.2, 0) is 6.54 Å². The maximum Gasteiger partial charge on any atom is 0.120 e. The first-order valence-corrected chi connectivity index (χ1v) is 4.80. The molecule has 0 aliphatic heterocycles. The van der Waals surface area contributed by atoms with Crippen molar-refractivity contribution in [2.45, 2.75) is 13.5 Å². The Morgan fingerprint density at radius 3 is 2.93 bits per heavy atom. The van der Waals surface area contributed by atoms with E-state index in [2.05, 4.69) is 11.9 Å². The molecule has 0 fully saturated rings. The Morgan fingerprint density at radius 1 is 1.57 bits per heavy atom. The van der Waals surface area contributed by atoms with E-state index in [-0.39, 0.29) is 5.75 Å². The molecule has 76 valence electrons. The number of halogens is 1. The second kappa shape index (κ2) is 5.03. The van der Waals surface area contributed by atoms with Crippen LogP contribution in [0.5, 0.6) is 5.75 Å². The molecule has 2 nitrogen and oxygen atoms in total. The molecule has 0 radical (unpaired) electrons. The molecule has 0 saturated carbocycles. The van der Waals surface area contributed by atoms with Gasteiger partial charge in [-0.05, 0) is 25.1 Å². The van der Waals surface area contributed by atoms with Crippen LogP contribution in [0.2, 0.25) is 5.02 Å². The molecule has 0 amide bonds. The summed E-state index contributed by atoms with van der Waals surface area (Å²) in [7, 11) is 0. The molecule has 0 aromatic heterocycles. The molecule has 14 heavy (non-hydrogen) atoms. The maximum absolute atomic E-state index is 9.48. The van der Waals surface area contributed by atoms with Crippen molar-refractivity contribution >= 4 is 11.6 Å². The molecule has 0 atom stereocenters. The zero-order chi connectivity index (χ0) is 10.6. The van der Waals surface area contributed by atoms with E-state index in [0.717, 1.165) is 17.7 Å². The second-order valence-electron chi connectivity index (χ2n) is 3.33. The normalized spacial score (nSPS) is 10.1. The van der Waals surface area contributed by atoms with Crippen molar-refractivity contribution in [3.63, 3.8) is 0 Å². The average molecular weight is 212 g/mol. The molecule has 3 heteroatoms. The van der Waals surface area contributed by atoms with Gasteiger partial charge >= 0.3 is 0 Å². The largest absolute Gasteiger partial charge is 0.508 e. The minimum Gasteiger partial charge on any atom is -0.508 e. The molecule has 0 unspecified atom stereocenters.